The van der Waals surface area contributed by atoms with Gasteiger partial charge in [-0.1, -0.05) is 49.0 Å². The van der Waals surface area contributed by atoms with Gasteiger partial charge in [-0.2, -0.15) is 0 Å². The summed E-state index contributed by atoms with van der Waals surface area (Å²) < 4.78 is 2.05. The van der Waals surface area contributed by atoms with Gasteiger partial charge in [-0.25, -0.2) is 15.0 Å². The van der Waals surface area contributed by atoms with E-state index in [1.54, 1.807) is 6.20 Å². The van der Waals surface area contributed by atoms with E-state index in [2.05, 4.69) is 46.0 Å². The van der Waals surface area contributed by atoms with Crippen molar-refractivity contribution in [2.45, 2.75) is 12.6 Å². The molecular weight excluding hydrogens is 474 g/mol. The van der Waals surface area contributed by atoms with Crippen LogP contribution in [0, 0.1) is 0 Å². The molecule has 0 saturated carbocycles. The Morgan fingerprint density at radius 1 is 1.00 bits per heavy atom. The first kappa shape index (κ1) is 23.6. The fourth-order valence-corrected chi connectivity index (χ4v) is 4.82. The molecule has 8 heteroatoms. The topological polar surface area (TPSA) is 102 Å². The van der Waals surface area contributed by atoms with E-state index in [0.717, 1.165) is 53.3 Å². The predicted molar refractivity (Wildman–Crippen MR) is 149 cm³/mol. The Morgan fingerprint density at radius 3 is 2.53 bits per heavy atom. The highest BCUT2D eigenvalue weighted by Gasteiger charge is 2.27. The third-order valence-electron chi connectivity index (χ3n) is 6.74. The van der Waals surface area contributed by atoms with Crippen LogP contribution in [-0.2, 0) is 11.3 Å². The van der Waals surface area contributed by atoms with Crippen molar-refractivity contribution in [3.05, 3.63) is 103 Å². The summed E-state index contributed by atoms with van der Waals surface area (Å²) in [7, 11) is 0. The number of pyridine rings is 2. The van der Waals surface area contributed by atoms with Gasteiger partial charge in [-0.15, -0.1) is 0 Å². The van der Waals surface area contributed by atoms with Crippen LogP contribution in [0.1, 0.15) is 5.56 Å². The van der Waals surface area contributed by atoms with E-state index >= 15 is 0 Å². The van der Waals surface area contributed by atoms with Crippen LogP contribution in [0.25, 0.3) is 39.5 Å². The summed E-state index contributed by atoms with van der Waals surface area (Å²) in [6, 6.07) is 26.5. The number of nitrogens with two attached hydrogens (primary N) is 1. The van der Waals surface area contributed by atoms with Crippen LogP contribution in [-0.4, -0.2) is 49.5 Å². The Balaban J connectivity index is 1.35. The number of nitrogens with one attached hydrogen (secondary N) is 1. The van der Waals surface area contributed by atoms with Crippen LogP contribution in [0.3, 0.4) is 0 Å². The van der Waals surface area contributed by atoms with E-state index in [1.165, 1.54) is 11.6 Å². The summed E-state index contributed by atoms with van der Waals surface area (Å²) in [5, 5.41) is 2.94. The quantitative estimate of drug-likeness (QED) is 0.324. The number of aromatic nitrogens is 4. The van der Waals surface area contributed by atoms with Crippen molar-refractivity contribution in [2.24, 2.45) is 0 Å². The monoisotopic (exact) mass is 501 g/mol. The first-order chi connectivity index (χ1) is 18.6. The number of carbonyl (C=O) groups excluding carboxylic acids is 1. The molecule has 8 nitrogen and oxygen atoms in total. The maximum atomic E-state index is 11.5. The van der Waals surface area contributed by atoms with Crippen molar-refractivity contribution >= 4 is 22.9 Å². The molecule has 0 bridgehead atoms. The lowest BCUT2D eigenvalue weighted by Crippen LogP contribution is -2.58. The van der Waals surface area contributed by atoms with Gasteiger partial charge in [0.05, 0.1) is 17.3 Å². The van der Waals surface area contributed by atoms with E-state index in [0.29, 0.717) is 11.6 Å². The minimum absolute atomic E-state index is 0.124. The molecule has 0 radical (unpaired) electrons. The standard InChI is InChI=1S/C30H27N7O/c1-2-27(38)33-22-18-36(19-22)17-20-10-12-23(13-11-20)37-29(24-9-6-16-32-28(24)31)35-26-15-14-25(34-30(26)37)21-7-4-3-5-8-21/h2-16,22H,1,17-19H2,(H2,31,32)(H,33,38). The Bertz CT molecular complexity index is 1620. The number of fused-ring (bicyclic) bond motifs is 1. The normalized spacial score (nSPS) is 13.8. The van der Waals surface area contributed by atoms with Crippen LogP contribution in [0.15, 0.2) is 97.7 Å². The summed E-state index contributed by atoms with van der Waals surface area (Å²) in [5.74, 6) is 0.986. The third-order valence-corrected chi connectivity index (χ3v) is 6.74. The van der Waals surface area contributed by atoms with Crippen LogP contribution in [0.2, 0.25) is 0 Å². The van der Waals surface area contributed by atoms with Crippen LogP contribution < -0.4 is 11.1 Å². The van der Waals surface area contributed by atoms with Gasteiger partial charge in [0.25, 0.3) is 0 Å². The Kier molecular flexibility index (Phi) is 6.15. The third kappa shape index (κ3) is 4.53. The number of hydrogen-bond donors (Lipinski definition) is 2. The molecule has 1 aliphatic rings. The van der Waals surface area contributed by atoms with Crippen LogP contribution >= 0.6 is 0 Å². The highest BCUT2D eigenvalue weighted by Crippen LogP contribution is 2.32. The second-order valence-electron chi connectivity index (χ2n) is 9.38. The average Bonchev–Trinajstić information content (AvgIpc) is 3.31. The summed E-state index contributed by atoms with van der Waals surface area (Å²) in [5.41, 5.74) is 12.6. The van der Waals surface area contributed by atoms with Gasteiger partial charge in [-0.05, 0) is 48.0 Å². The van der Waals surface area contributed by atoms with Crippen molar-refractivity contribution in [2.75, 3.05) is 18.8 Å². The number of nitrogen functional groups attached to an aromatic ring is 1. The number of anilines is 1. The van der Waals surface area contributed by atoms with Crippen molar-refractivity contribution in [3.63, 3.8) is 0 Å². The van der Waals surface area contributed by atoms with Gasteiger partial charge in [0.15, 0.2) is 11.5 Å². The maximum absolute atomic E-state index is 11.5. The molecule has 1 aliphatic heterocycles. The molecule has 4 heterocycles. The van der Waals surface area contributed by atoms with Gasteiger partial charge in [0.2, 0.25) is 5.91 Å². The summed E-state index contributed by atoms with van der Waals surface area (Å²) in [4.78, 5) is 28.0. The zero-order chi connectivity index (χ0) is 26.1. The maximum Gasteiger partial charge on any atom is 0.243 e. The molecule has 3 N–H and O–H groups in total. The zero-order valence-corrected chi connectivity index (χ0v) is 20.8. The molecule has 38 heavy (non-hydrogen) atoms. The summed E-state index contributed by atoms with van der Waals surface area (Å²) >= 11 is 0. The molecule has 5 aromatic rings. The molecule has 1 amide bonds. The molecule has 188 valence electrons. The van der Waals surface area contributed by atoms with E-state index in [9.17, 15) is 4.79 Å². The number of amides is 1. The van der Waals surface area contributed by atoms with Gasteiger partial charge >= 0.3 is 0 Å². The second-order valence-corrected chi connectivity index (χ2v) is 9.38. The molecule has 1 saturated heterocycles. The summed E-state index contributed by atoms with van der Waals surface area (Å²) in [6.07, 6.45) is 2.99. The van der Waals surface area contributed by atoms with Crippen LogP contribution in [0.4, 0.5) is 5.82 Å². The lowest BCUT2D eigenvalue weighted by Gasteiger charge is -2.39. The smallest absolute Gasteiger partial charge is 0.243 e. The van der Waals surface area contributed by atoms with Crippen molar-refractivity contribution < 1.29 is 4.79 Å². The van der Waals surface area contributed by atoms with Crippen LogP contribution in [0.5, 0.6) is 0 Å². The molecule has 3 aromatic heterocycles. The number of imidazole rings is 1. The average molecular weight is 502 g/mol. The van der Waals surface area contributed by atoms with Crippen molar-refractivity contribution in [3.8, 4) is 28.3 Å². The minimum atomic E-state index is -0.124. The van der Waals surface area contributed by atoms with E-state index in [-0.39, 0.29) is 11.9 Å². The summed E-state index contributed by atoms with van der Waals surface area (Å²) in [6.45, 7) is 5.97. The molecule has 0 unspecified atom stereocenters. The van der Waals surface area contributed by atoms with Gasteiger partial charge in [0.1, 0.15) is 11.3 Å². The molecule has 0 aliphatic carbocycles. The molecular formula is C30H27N7O. The number of rotatable bonds is 7. The van der Waals surface area contributed by atoms with Gasteiger partial charge in [-0.3, -0.25) is 14.3 Å². The van der Waals surface area contributed by atoms with E-state index in [4.69, 9.17) is 15.7 Å². The first-order valence-electron chi connectivity index (χ1n) is 12.5. The number of likely N-dealkylation sites (tertiary alicyclic amines) is 1. The van der Waals surface area contributed by atoms with E-state index in [1.807, 2.05) is 59.2 Å². The highest BCUT2D eigenvalue weighted by molar-refractivity contribution is 5.87. The minimum Gasteiger partial charge on any atom is -0.383 e. The Morgan fingerprint density at radius 2 is 1.79 bits per heavy atom. The Hall–Kier alpha value is -4.82. The van der Waals surface area contributed by atoms with Gasteiger partial charge < -0.3 is 11.1 Å². The Labute approximate surface area is 220 Å². The number of hydrogen-bond acceptors (Lipinski definition) is 6. The first-order valence-corrected chi connectivity index (χ1v) is 12.5. The zero-order valence-electron chi connectivity index (χ0n) is 20.8. The van der Waals surface area contributed by atoms with Crippen molar-refractivity contribution in [1.82, 2.24) is 29.7 Å². The van der Waals surface area contributed by atoms with Gasteiger partial charge in [0, 0.05) is 37.1 Å². The molecule has 2 aromatic carbocycles. The molecule has 6 rings (SSSR count). The number of carbonyl (C=O) groups is 1. The SMILES string of the molecule is C=CC(=O)NC1CN(Cc2ccc(-n3c(-c4cccnc4N)nc4ccc(-c5ccccc5)nc43)cc2)C1. The largest absolute Gasteiger partial charge is 0.383 e. The lowest BCUT2D eigenvalue weighted by atomic mass is 10.1. The molecule has 0 atom stereocenters. The molecule has 1 fully saturated rings. The number of benzene rings is 2. The molecule has 0 spiro atoms. The number of nitrogens with zero attached hydrogens (tertiary/aromatic N) is 5. The fourth-order valence-electron chi connectivity index (χ4n) is 4.82. The predicted octanol–water partition coefficient (Wildman–Crippen LogP) is 4.22. The highest BCUT2D eigenvalue weighted by atomic mass is 16.1. The lowest BCUT2D eigenvalue weighted by molar-refractivity contribution is -0.118. The van der Waals surface area contributed by atoms with E-state index < -0.39 is 0 Å². The fraction of sp³-hybridized carbons (Fsp3) is 0.133. The van der Waals surface area contributed by atoms with Crippen molar-refractivity contribution in [1.29, 1.82) is 0 Å². The second kappa shape index (κ2) is 9.91.